The fourth-order valence-electron chi connectivity index (χ4n) is 3.09. The van der Waals surface area contributed by atoms with Crippen molar-refractivity contribution < 1.29 is 13.2 Å². The molecule has 0 unspecified atom stereocenters. The summed E-state index contributed by atoms with van der Waals surface area (Å²) in [5, 5.41) is 4.34. The summed E-state index contributed by atoms with van der Waals surface area (Å²) in [4.78, 5) is 0.387. The van der Waals surface area contributed by atoms with E-state index in [2.05, 4.69) is 5.10 Å². The van der Waals surface area contributed by atoms with Crippen molar-refractivity contribution in [2.24, 2.45) is 5.92 Å². The zero-order chi connectivity index (χ0) is 16.3. The van der Waals surface area contributed by atoms with Crippen LogP contribution in [0.25, 0.3) is 0 Å². The summed E-state index contributed by atoms with van der Waals surface area (Å²) < 4.78 is 34.7. The van der Waals surface area contributed by atoms with Gasteiger partial charge in [0.25, 0.3) is 0 Å². The van der Waals surface area contributed by atoms with Crippen molar-refractivity contribution in [3.8, 4) is 0 Å². The number of piperidine rings is 1. The molecule has 0 N–H and O–H groups in total. The van der Waals surface area contributed by atoms with Crippen LogP contribution in [0.1, 0.15) is 38.1 Å². The number of nitrogens with zero attached hydrogens (tertiary/aromatic N) is 3. The van der Waals surface area contributed by atoms with Crippen molar-refractivity contribution >= 4 is 10.0 Å². The minimum Gasteiger partial charge on any atom is -0.381 e. The van der Waals surface area contributed by atoms with Crippen molar-refractivity contribution in [3.05, 3.63) is 11.4 Å². The van der Waals surface area contributed by atoms with Crippen molar-refractivity contribution in [1.29, 1.82) is 0 Å². The van der Waals surface area contributed by atoms with Crippen LogP contribution in [0.3, 0.4) is 0 Å². The van der Waals surface area contributed by atoms with Gasteiger partial charge in [0.05, 0.1) is 11.4 Å². The lowest BCUT2D eigenvalue weighted by Crippen LogP contribution is -2.39. The molecule has 2 rings (SSSR count). The molecule has 0 saturated carbocycles. The molecule has 0 bridgehead atoms. The zero-order valence-corrected chi connectivity index (χ0v) is 14.8. The van der Waals surface area contributed by atoms with Crippen molar-refractivity contribution in [1.82, 2.24) is 14.1 Å². The number of rotatable bonds is 6. The van der Waals surface area contributed by atoms with Gasteiger partial charge in [-0.15, -0.1) is 0 Å². The molecular formula is C15H27N3O3S. The third kappa shape index (κ3) is 3.36. The molecule has 7 heteroatoms. The second-order valence-electron chi connectivity index (χ2n) is 5.82. The highest BCUT2D eigenvalue weighted by Crippen LogP contribution is 2.27. The van der Waals surface area contributed by atoms with Gasteiger partial charge in [0.2, 0.25) is 10.0 Å². The van der Waals surface area contributed by atoms with Crippen molar-refractivity contribution in [2.75, 3.05) is 26.3 Å². The van der Waals surface area contributed by atoms with E-state index < -0.39 is 10.0 Å². The molecule has 1 aliphatic rings. The highest BCUT2D eigenvalue weighted by Gasteiger charge is 2.33. The van der Waals surface area contributed by atoms with E-state index in [1.807, 2.05) is 20.8 Å². The Kier molecular flexibility index (Phi) is 5.63. The molecule has 0 radical (unpaired) electrons. The van der Waals surface area contributed by atoms with Crippen molar-refractivity contribution in [3.63, 3.8) is 0 Å². The Morgan fingerprint density at radius 2 is 1.86 bits per heavy atom. The quantitative estimate of drug-likeness (QED) is 0.800. The van der Waals surface area contributed by atoms with Gasteiger partial charge in [-0.05, 0) is 46.5 Å². The summed E-state index contributed by atoms with van der Waals surface area (Å²) in [6.45, 7) is 10.8. The summed E-state index contributed by atoms with van der Waals surface area (Å²) in [5.74, 6) is 0.465. The Morgan fingerprint density at radius 1 is 1.23 bits per heavy atom. The van der Waals surface area contributed by atoms with Crippen LogP contribution in [0.15, 0.2) is 4.90 Å². The van der Waals surface area contributed by atoms with Crippen LogP contribution in [-0.2, 0) is 21.3 Å². The maximum Gasteiger partial charge on any atom is 0.246 e. The van der Waals surface area contributed by atoms with Crippen LogP contribution in [0.5, 0.6) is 0 Å². The Bertz CT molecular complexity index is 602. The number of sulfonamides is 1. The molecule has 2 heterocycles. The maximum atomic E-state index is 12.9. The van der Waals surface area contributed by atoms with Crippen LogP contribution in [0, 0.1) is 19.8 Å². The number of aryl methyl sites for hydroxylation is 2. The normalized spacial score (nSPS) is 18.0. The third-order valence-corrected chi connectivity index (χ3v) is 6.50. The van der Waals surface area contributed by atoms with Crippen LogP contribution < -0.4 is 0 Å². The lowest BCUT2D eigenvalue weighted by Gasteiger charge is -2.31. The summed E-state index contributed by atoms with van der Waals surface area (Å²) in [5.41, 5.74) is 1.33. The SMILES string of the molecule is CCOCC1CCN(S(=O)(=O)c2c(C)nn(CC)c2C)CC1. The average molecular weight is 329 g/mol. The molecule has 22 heavy (non-hydrogen) atoms. The molecular weight excluding hydrogens is 302 g/mol. The van der Waals surface area contributed by atoms with Crippen LogP contribution in [0.2, 0.25) is 0 Å². The van der Waals surface area contributed by atoms with Gasteiger partial charge in [0.15, 0.2) is 0 Å². The highest BCUT2D eigenvalue weighted by molar-refractivity contribution is 7.89. The fraction of sp³-hybridized carbons (Fsp3) is 0.800. The lowest BCUT2D eigenvalue weighted by molar-refractivity contribution is 0.0883. The summed E-state index contributed by atoms with van der Waals surface area (Å²) in [7, 11) is -3.45. The topological polar surface area (TPSA) is 64.4 Å². The molecule has 0 aromatic carbocycles. The number of hydrogen-bond acceptors (Lipinski definition) is 4. The smallest absolute Gasteiger partial charge is 0.246 e. The van der Waals surface area contributed by atoms with Gasteiger partial charge in [-0.1, -0.05) is 0 Å². The molecule has 1 fully saturated rings. The molecule has 0 amide bonds. The minimum atomic E-state index is -3.45. The first-order valence-electron chi connectivity index (χ1n) is 8.03. The molecule has 126 valence electrons. The Morgan fingerprint density at radius 3 is 2.36 bits per heavy atom. The lowest BCUT2D eigenvalue weighted by atomic mass is 9.99. The molecule has 0 aliphatic carbocycles. The summed E-state index contributed by atoms with van der Waals surface area (Å²) >= 11 is 0. The first-order valence-corrected chi connectivity index (χ1v) is 9.47. The summed E-state index contributed by atoms with van der Waals surface area (Å²) in [6.07, 6.45) is 1.72. The van der Waals surface area contributed by atoms with E-state index in [1.54, 1.807) is 15.9 Å². The number of aromatic nitrogens is 2. The van der Waals surface area contributed by atoms with Crippen LogP contribution in [-0.4, -0.2) is 48.8 Å². The van der Waals surface area contributed by atoms with E-state index in [0.29, 0.717) is 42.7 Å². The zero-order valence-electron chi connectivity index (χ0n) is 14.0. The predicted molar refractivity (Wildman–Crippen MR) is 85.4 cm³/mol. The average Bonchev–Trinajstić information content (AvgIpc) is 2.80. The van der Waals surface area contributed by atoms with Gasteiger partial charge in [0.1, 0.15) is 4.90 Å². The fourth-order valence-corrected chi connectivity index (χ4v) is 4.93. The monoisotopic (exact) mass is 329 g/mol. The molecule has 1 aromatic rings. The molecule has 0 atom stereocenters. The second kappa shape index (κ2) is 7.10. The molecule has 1 aliphatic heterocycles. The van der Waals surface area contributed by atoms with E-state index in [4.69, 9.17) is 4.74 Å². The maximum absolute atomic E-state index is 12.9. The first kappa shape index (κ1) is 17.4. The van der Waals surface area contributed by atoms with Crippen LogP contribution >= 0.6 is 0 Å². The Labute approximate surface area is 133 Å². The van der Waals surface area contributed by atoms with E-state index >= 15 is 0 Å². The van der Waals surface area contributed by atoms with Gasteiger partial charge in [-0.2, -0.15) is 9.40 Å². The minimum absolute atomic E-state index is 0.387. The van der Waals surface area contributed by atoms with Gasteiger partial charge in [-0.25, -0.2) is 8.42 Å². The Hall–Kier alpha value is -0.920. The van der Waals surface area contributed by atoms with Gasteiger partial charge >= 0.3 is 0 Å². The van der Waals surface area contributed by atoms with E-state index in [0.717, 1.165) is 25.1 Å². The molecule has 0 spiro atoms. The standard InChI is InChI=1S/C15H27N3O3S/c1-5-18-13(4)15(12(3)16-18)22(19,20)17-9-7-14(8-10-17)11-21-6-2/h14H,5-11H2,1-4H3. The second-order valence-corrected chi connectivity index (χ2v) is 7.70. The largest absolute Gasteiger partial charge is 0.381 e. The van der Waals surface area contributed by atoms with E-state index in [-0.39, 0.29) is 0 Å². The molecule has 6 nitrogen and oxygen atoms in total. The summed E-state index contributed by atoms with van der Waals surface area (Å²) in [6, 6.07) is 0. The van der Waals surface area contributed by atoms with E-state index in [1.165, 1.54) is 0 Å². The molecule has 1 saturated heterocycles. The Balaban J connectivity index is 2.14. The van der Waals surface area contributed by atoms with Gasteiger partial charge < -0.3 is 4.74 Å². The first-order chi connectivity index (χ1) is 10.4. The highest BCUT2D eigenvalue weighted by atomic mass is 32.2. The van der Waals surface area contributed by atoms with Crippen LogP contribution in [0.4, 0.5) is 0 Å². The van der Waals surface area contributed by atoms with E-state index in [9.17, 15) is 8.42 Å². The van der Waals surface area contributed by atoms with Gasteiger partial charge in [0, 0.05) is 32.8 Å². The number of hydrogen-bond donors (Lipinski definition) is 0. The number of ether oxygens (including phenoxy) is 1. The predicted octanol–water partition coefficient (Wildman–Crippen LogP) is 1.96. The third-order valence-electron chi connectivity index (χ3n) is 4.34. The van der Waals surface area contributed by atoms with Gasteiger partial charge in [-0.3, -0.25) is 4.68 Å². The molecule has 1 aromatic heterocycles. The van der Waals surface area contributed by atoms with Crippen molar-refractivity contribution in [2.45, 2.75) is 52.0 Å².